The molecule has 0 heterocycles. The molecule has 0 radical (unpaired) electrons. The van der Waals surface area contributed by atoms with Crippen molar-refractivity contribution >= 4 is 21.4 Å². The average Bonchev–Trinajstić information content (AvgIpc) is 2.69. The Morgan fingerprint density at radius 2 is 1.61 bits per heavy atom. The minimum atomic E-state index is -4.10. The lowest BCUT2D eigenvalue weighted by Crippen LogP contribution is -2.14. The molecule has 144 valence electrons. The van der Waals surface area contributed by atoms with Crippen LogP contribution in [0.5, 0.6) is 17.2 Å². The Labute approximate surface area is 161 Å². The molecule has 8 nitrogen and oxygen atoms in total. The Morgan fingerprint density at radius 1 is 0.929 bits per heavy atom. The smallest absolute Gasteiger partial charge is 0.312 e. The Hall–Kier alpha value is -3.59. The Balaban J connectivity index is 1.93. The predicted octanol–water partition coefficient (Wildman–Crippen LogP) is 4.20. The number of para-hydroxylation sites is 3. The summed E-state index contributed by atoms with van der Waals surface area (Å²) in [5, 5.41) is 11.2. The standard InChI is InChI=1S/C19H16N2O6S/c1-26-19-12-11-15(13-17(19)21(22)23)28(24,25)20-16-9-5-6-10-18(16)27-14-7-3-2-4-8-14/h2-13,20H,1H3. The number of anilines is 1. The van der Waals surface area contributed by atoms with E-state index in [9.17, 15) is 18.5 Å². The first kappa shape index (κ1) is 19.2. The van der Waals surface area contributed by atoms with E-state index in [4.69, 9.17) is 9.47 Å². The molecule has 0 saturated heterocycles. The van der Waals surface area contributed by atoms with E-state index in [1.54, 1.807) is 42.5 Å². The maximum atomic E-state index is 12.8. The van der Waals surface area contributed by atoms with E-state index in [1.807, 2.05) is 6.07 Å². The van der Waals surface area contributed by atoms with E-state index in [2.05, 4.69) is 4.72 Å². The largest absolute Gasteiger partial charge is 0.490 e. The minimum Gasteiger partial charge on any atom is -0.490 e. The molecular formula is C19H16N2O6S. The summed E-state index contributed by atoms with van der Waals surface area (Å²) in [6.07, 6.45) is 0. The molecule has 0 fully saturated rings. The summed E-state index contributed by atoms with van der Waals surface area (Å²) in [6, 6.07) is 18.8. The molecule has 0 aromatic heterocycles. The fourth-order valence-electron chi connectivity index (χ4n) is 2.44. The van der Waals surface area contributed by atoms with E-state index >= 15 is 0 Å². The minimum absolute atomic E-state index is 0.0308. The van der Waals surface area contributed by atoms with Crippen LogP contribution in [0.25, 0.3) is 0 Å². The first-order chi connectivity index (χ1) is 13.4. The molecular weight excluding hydrogens is 384 g/mol. The number of hydrogen-bond acceptors (Lipinski definition) is 6. The van der Waals surface area contributed by atoms with Crippen LogP contribution >= 0.6 is 0 Å². The van der Waals surface area contributed by atoms with Crippen molar-refractivity contribution in [2.45, 2.75) is 4.90 Å². The zero-order valence-corrected chi connectivity index (χ0v) is 15.5. The van der Waals surface area contributed by atoms with Crippen molar-refractivity contribution in [1.29, 1.82) is 0 Å². The van der Waals surface area contributed by atoms with Gasteiger partial charge in [-0.1, -0.05) is 30.3 Å². The molecule has 1 N–H and O–H groups in total. The number of nitrogens with one attached hydrogen (secondary N) is 1. The zero-order valence-electron chi connectivity index (χ0n) is 14.7. The molecule has 0 saturated carbocycles. The van der Waals surface area contributed by atoms with Crippen LogP contribution in [0.2, 0.25) is 0 Å². The second-order valence-corrected chi connectivity index (χ2v) is 7.29. The van der Waals surface area contributed by atoms with Crippen LogP contribution in [0.1, 0.15) is 0 Å². The molecule has 9 heteroatoms. The van der Waals surface area contributed by atoms with Crippen LogP contribution in [0, 0.1) is 10.1 Å². The number of sulfonamides is 1. The molecule has 3 aromatic rings. The van der Waals surface area contributed by atoms with Crippen molar-refractivity contribution in [3.8, 4) is 17.2 Å². The van der Waals surface area contributed by atoms with Gasteiger partial charge in [-0.2, -0.15) is 0 Å². The quantitative estimate of drug-likeness (QED) is 0.470. The monoisotopic (exact) mass is 400 g/mol. The molecule has 0 atom stereocenters. The second kappa shape index (κ2) is 7.97. The molecule has 28 heavy (non-hydrogen) atoms. The van der Waals surface area contributed by atoms with Crippen molar-refractivity contribution in [3.63, 3.8) is 0 Å². The summed E-state index contributed by atoms with van der Waals surface area (Å²) in [5.41, 5.74) is -0.246. The Bertz CT molecular complexity index is 1100. The van der Waals surface area contributed by atoms with Crippen LogP contribution in [0.3, 0.4) is 0 Å². The highest BCUT2D eigenvalue weighted by Crippen LogP contribution is 2.33. The van der Waals surface area contributed by atoms with Crippen LogP contribution in [0.4, 0.5) is 11.4 Å². The van der Waals surface area contributed by atoms with E-state index in [1.165, 1.54) is 25.3 Å². The van der Waals surface area contributed by atoms with Crippen molar-refractivity contribution < 1.29 is 22.8 Å². The third-order valence-corrected chi connectivity index (χ3v) is 5.12. The topological polar surface area (TPSA) is 108 Å². The molecule has 0 unspecified atom stereocenters. The van der Waals surface area contributed by atoms with Crippen molar-refractivity contribution in [2.24, 2.45) is 0 Å². The van der Waals surface area contributed by atoms with Gasteiger partial charge in [0.1, 0.15) is 5.75 Å². The van der Waals surface area contributed by atoms with Crippen LogP contribution < -0.4 is 14.2 Å². The van der Waals surface area contributed by atoms with Gasteiger partial charge in [0, 0.05) is 6.07 Å². The highest BCUT2D eigenvalue weighted by molar-refractivity contribution is 7.92. The van der Waals surface area contributed by atoms with Crippen LogP contribution in [0.15, 0.2) is 77.7 Å². The van der Waals surface area contributed by atoms with Gasteiger partial charge in [-0.15, -0.1) is 0 Å². The maximum Gasteiger partial charge on any atom is 0.312 e. The predicted molar refractivity (Wildman–Crippen MR) is 103 cm³/mol. The molecule has 0 aliphatic heterocycles. The lowest BCUT2D eigenvalue weighted by molar-refractivity contribution is -0.386. The summed E-state index contributed by atoms with van der Waals surface area (Å²) in [4.78, 5) is 10.2. The first-order valence-electron chi connectivity index (χ1n) is 8.08. The lowest BCUT2D eigenvalue weighted by atomic mass is 10.3. The molecule has 3 rings (SSSR count). The third-order valence-electron chi connectivity index (χ3n) is 3.76. The molecule has 0 aliphatic rings. The second-order valence-electron chi connectivity index (χ2n) is 5.61. The van der Waals surface area contributed by atoms with E-state index in [0.29, 0.717) is 11.5 Å². The number of nitro groups is 1. The van der Waals surface area contributed by atoms with Crippen LogP contribution in [-0.2, 0) is 10.0 Å². The number of rotatable bonds is 7. The maximum absolute atomic E-state index is 12.8. The van der Waals surface area contributed by atoms with Gasteiger partial charge in [0.2, 0.25) is 0 Å². The number of methoxy groups -OCH3 is 1. The molecule has 0 bridgehead atoms. The Morgan fingerprint density at radius 3 is 2.29 bits per heavy atom. The summed E-state index contributed by atoms with van der Waals surface area (Å²) >= 11 is 0. The number of benzene rings is 3. The van der Waals surface area contributed by atoms with E-state index < -0.39 is 20.6 Å². The summed E-state index contributed by atoms with van der Waals surface area (Å²) in [5.74, 6) is 0.797. The molecule has 0 aliphatic carbocycles. The van der Waals surface area contributed by atoms with Gasteiger partial charge >= 0.3 is 5.69 Å². The van der Waals surface area contributed by atoms with Gasteiger partial charge in [0.25, 0.3) is 10.0 Å². The van der Waals surface area contributed by atoms with Gasteiger partial charge in [-0.05, 0) is 36.4 Å². The summed E-state index contributed by atoms with van der Waals surface area (Å²) in [6.45, 7) is 0. The van der Waals surface area contributed by atoms with Crippen molar-refractivity contribution in [1.82, 2.24) is 0 Å². The zero-order chi connectivity index (χ0) is 20.1. The van der Waals surface area contributed by atoms with E-state index in [-0.39, 0.29) is 16.3 Å². The molecule has 3 aromatic carbocycles. The van der Waals surface area contributed by atoms with Gasteiger partial charge in [-0.25, -0.2) is 8.42 Å². The van der Waals surface area contributed by atoms with Crippen molar-refractivity contribution in [2.75, 3.05) is 11.8 Å². The molecule has 0 spiro atoms. The number of nitro benzene ring substituents is 1. The molecule has 0 amide bonds. The summed E-state index contributed by atoms with van der Waals surface area (Å²) in [7, 11) is -2.83. The van der Waals surface area contributed by atoms with Gasteiger partial charge < -0.3 is 9.47 Å². The average molecular weight is 400 g/mol. The number of nitrogens with zero attached hydrogens (tertiary/aromatic N) is 1. The highest BCUT2D eigenvalue weighted by atomic mass is 32.2. The SMILES string of the molecule is COc1ccc(S(=O)(=O)Nc2ccccc2Oc2ccccc2)cc1[N+](=O)[O-]. The van der Waals surface area contributed by atoms with Gasteiger partial charge in [0.05, 0.1) is 22.6 Å². The first-order valence-corrected chi connectivity index (χ1v) is 9.56. The number of ether oxygens (including phenoxy) is 2. The lowest BCUT2D eigenvalue weighted by Gasteiger charge is -2.13. The highest BCUT2D eigenvalue weighted by Gasteiger charge is 2.23. The third kappa shape index (κ3) is 4.21. The van der Waals surface area contributed by atoms with Crippen molar-refractivity contribution in [3.05, 3.63) is 82.9 Å². The normalized spacial score (nSPS) is 10.9. The van der Waals surface area contributed by atoms with Gasteiger partial charge in [-0.3, -0.25) is 14.8 Å². The van der Waals surface area contributed by atoms with E-state index in [0.717, 1.165) is 6.07 Å². The Kier molecular flexibility index (Phi) is 5.46. The van der Waals surface area contributed by atoms with Crippen LogP contribution in [-0.4, -0.2) is 20.5 Å². The fraction of sp³-hybridized carbons (Fsp3) is 0.0526. The number of hydrogen-bond donors (Lipinski definition) is 1. The van der Waals surface area contributed by atoms with Gasteiger partial charge in [0.15, 0.2) is 11.5 Å². The summed E-state index contributed by atoms with van der Waals surface area (Å²) < 4.78 is 38.5. The fourth-order valence-corrected chi connectivity index (χ4v) is 3.53.